The molecule has 6 nitrogen and oxygen atoms in total. The number of rotatable bonds is 57. The van der Waals surface area contributed by atoms with Gasteiger partial charge in [-0.2, -0.15) is 0 Å². The molecule has 0 aliphatic rings. The predicted molar refractivity (Wildman–Crippen MR) is 325 cm³/mol. The number of ether oxygens (including phenoxy) is 3. The van der Waals surface area contributed by atoms with Crippen LogP contribution in [-0.4, -0.2) is 37.2 Å². The van der Waals surface area contributed by atoms with Gasteiger partial charge in [0.05, 0.1) is 0 Å². The van der Waals surface area contributed by atoms with Crippen molar-refractivity contribution in [2.75, 3.05) is 13.2 Å². The van der Waals surface area contributed by atoms with Crippen LogP contribution in [0, 0.1) is 0 Å². The summed E-state index contributed by atoms with van der Waals surface area (Å²) in [6, 6.07) is 0. The maximum atomic E-state index is 12.8. The average molecular weight is 1040 g/mol. The summed E-state index contributed by atoms with van der Waals surface area (Å²) in [4.78, 5) is 38.2. The molecule has 6 heteroatoms. The van der Waals surface area contributed by atoms with Gasteiger partial charge in [0, 0.05) is 19.3 Å². The number of allylic oxidation sites excluding steroid dienone is 16. The van der Waals surface area contributed by atoms with E-state index >= 15 is 0 Å². The lowest BCUT2D eigenvalue weighted by atomic mass is 10.0. The molecule has 75 heavy (non-hydrogen) atoms. The Kier molecular flexibility index (Phi) is 59.8. The van der Waals surface area contributed by atoms with Gasteiger partial charge in [-0.05, 0) is 122 Å². The second-order valence-electron chi connectivity index (χ2n) is 20.9. The third-order valence-electron chi connectivity index (χ3n) is 13.5. The van der Waals surface area contributed by atoms with Gasteiger partial charge < -0.3 is 14.2 Å². The minimum atomic E-state index is -0.785. The van der Waals surface area contributed by atoms with E-state index < -0.39 is 6.10 Å². The van der Waals surface area contributed by atoms with Crippen LogP contribution in [0.5, 0.6) is 0 Å². The van der Waals surface area contributed by atoms with Gasteiger partial charge in [0.25, 0.3) is 0 Å². The Bertz CT molecular complexity index is 1480. The lowest BCUT2D eigenvalue weighted by Crippen LogP contribution is -2.30. The fourth-order valence-electron chi connectivity index (χ4n) is 8.79. The van der Waals surface area contributed by atoms with E-state index in [0.717, 1.165) is 116 Å². The highest BCUT2D eigenvalue weighted by atomic mass is 16.6. The first-order chi connectivity index (χ1) is 37.0. The molecule has 1 unspecified atom stereocenters. The smallest absolute Gasteiger partial charge is 0.306 e. The molecule has 0 radical (unpaired) electrons. The Morgan fingerprint density at radius 2 is 0.520 bits per heavy atom. The minimum absolute atomic E-state index is 0.0827. The predicted octanol–water partition coefficient (Wildman–Crippen LogP) is 21.7. The van der Waals surface area contributed by atoms with E-state index in [9.17, 15) is 14.4 Å². The number of carbonyl (C=O) groups excluding carboxylic acids is 3. The van der Waals surface area contributed by atoms with Crippen molar-refractivity contribution in [1.29, 1.82) is 0 Å². The highest BCUT2D eigenvalue weighted by Gasteiger charge is 2.19. The summed E-state index contributed by atoms with van der Waals surface area (Å²) in [6.07, 6.45) is 84.2. The van der Waals surface area contributed by atoms with Gasteiger partial charge in [-0.1, -0.05) is 259 Å². The van der Waals surface area contributed by atoms with Crippen LogP contribution < -0.4 is 0 Å². The van der Waals surface area contributed by atoms with Gasteiger partial charge in [0.2, 0.25) is 0 Å². The average Bonchev–Trinajstić information content (AvgIpc) is 3.41. The second kappa shape index (κ2) is 62.9. The molecular formula is C69H118O6. The Morgan fingerprint density at radius 1 is 0.280 bits per heavy atom. The number of hydrogen-bond acceptors (Lipinski definition) is 6. The van der Waals surface area contributed by atoms with Gasteiger partial charge in [0.15, 0.2) is 6.10 Å². The molecule has 0 amide bonds. The van der Waals surface area contributed by atoms with Gasteiger partial charge in [-0.3, -0.25) is 14.4 Å². The van der Waals surface area contributed by atoms with E-state index in [1.807, 2.05) is 0 Å². The summed E-state index contributed by atoms with van der Waals surface area (Å²) in [5, 5.41) is 0. The Morgan fingerprint density at radius 3 is 0.827 bits per heavy atom. The Labute approximate surface area is 464 Å². The maximum absolute atomic E-state index is 12.8. The van der Waals surface area contributed by atoms with Crippen molar-refractivity contribution in [1.82, 2.24) is 0 Å². The van der Waals surface area contributed by atoms with Crippen LogP contribution in [0.2, 0.25) is 0 Å². The molecule has 0 spiro atoms. The summed E-state index contributed by atoms with van der Waals surface area (Å²) >= 11 is 0. The quantitative estimate of drug-likeness (QED) is 0.0261. The zero-order valence-electron chi connectivity index (χ0n) is 49.3. The van der Waals surface area contributed by atoms with E-state index in [4.69, 9.17) is 14.2 Å². The number of carbonyl (C=O) groups is 3. The SMILES string of the molecule is CC/C=C\C/C=C\C/C=C\C/C=C\C/C=C\C/C=C\CCCCCCCCCCCCCCC(=O)OCC(COC(=O)CCCCCCC/C=C\CCCCCC)OC(=O)CCCCCCC/C=C\CCCCCC. The molecule has 0 aromatic rings. The van der Waals surface area contributed by atoms with E-state index in [2.05, 4.69) is 118 Å². The first kappa shape index (κ1) is 71.3. The van der Waals surface area contributed by atoms with Crippen LogP contribution in [0.3, 0.4) is 0 Å². The monoisotopic (exact) mass is 1040 g/mol. The minimum Gasteiger partial charge on any atom is -0.462 e. The topological polar surface area (TPSA) is 78.9 Å². The van der Waals surface area contributed by atoms with Crippen molar-refractivity contribution >= 4 is 17.9 Å². The van der Waals surface area contributed by atoms with Crippen molar-refractivity contribution in [2.45, 2.75) is 309 Å². The summed E-state index contributed by atoms with van der Waals surface area (Å²) in [5.74, 6) is -0.895. The molecule has 0 fully saturated rings. The van der Waals surface area contributed by atoms with Crippen molar-refractivity contribution in [3.8, 4) is 0 Å². The van der Waals surface area contributed by atoms with E-state index in [0.29, 0.717) is 19.3 Å². The third-order valence-corrected chi connectivity index (χ3v) is 13.5. The molecule has 0 heterocycles. The summed E-state index contributed by atoms with van der Waals surface area (Å²) in [7, 11) is 0. The van der Waals surface area contributed by atoms with Gasteiger partial charge in [0.1, 0.15) is 13.2 Å². The molecule has 0 bridgehead atoms. The molecule has 430 valence electrons. The largest absolute Gasteiger partial charge is 0.462 e. The number of hydrogen-bond donors (Lipinski definition) is 0. The molecule has 0 aliphatic heterocycles. The summed E-state index contributed by atoms with van der Waals surface area (Å²) < 4.78 is 16.9. The zero-order valence-corrected chi connectivity index (χ0v) is 49.3. The van der Waals surface area contributed by atoms with E-state index in [1.54, 1.807) is 0 Å². The van der Waals surface area contributed by atoms with Crippen LogP contribution in [-0.2, 0) is 28.6 Å². The Balaban J connectivity index is 4.20. The van der Waals surface area contributed by atoms with Crippen molar-refractivity contribution < 1.29 is 28.6 Å². The molecule has 0 aliphatic carbocycles. The molecule has 0 aromatic carbocycles. The normalized spacial score (nSPS) is 12.7. The van der Waals surface area contributed by atoms with Gasteiger partial charge in [-0.15, -0.1) is 0 Å². The van der Waals surface area contributed by atoms with Crippen molar-refractivity contribution in [3.63, 3.8) is 0 Å². The standard InChI is InChI=1S/C69H118O6/c1-4-7-10-13-16-19-22-25-26-27-28-29-30-31-32-33-34-35-36-37-38-39-40-41-42-45-47-50-53-56-59-62-68(71)74-65-66(75-69(72)63-60-57-54-51-48-44-24-21-18-15-12-9-6-3)64-73-67(70)61-58-55-52-49-46-43-23-20-17-14-11-8-5-2/h7,10,16,19-21,23-26,28-29,31-32,34-35,66H,4-6,8-9,11-15,17-18,22,27,30,33,36-65H2,1-3H3/b10-7-,19-16-,23-20-,24-21-,26-25-,29-28-,32-31-,35-34-. The third kappa shape index (κ3) is 61.1. The van der Waals surface area contributed by atoms with Gasteiger partial charge in [-0.25, -0.2) is 0 Å². The maximum Gasteiger partial charge on any atom is 0.306 e. The van der Waals surface area contributed by atoms with Crippen LogP contribution in [0.15, 0.2) is 97.2 Å². The van der Waals surface area contributed by atoms with Crippen molar-refractivity contribution in [3.05, 3.63) is 97.2 Å². The molecule has 0 rings (SSSR count). The zero-order chi connectivity index (χ0) is 54.3. The lowest BCUT2D eigenvalue weighted by molar-refractivity contribution is -0.167. The van der Waals surface area contributed by atoms with Crippen LogP contribution >= 0.6 is 0 Å². The molecule has 0 aromatic heterocycles. The Hall–Kier alpha value is -3.67. The highest BCUT2D eigenvalue weighted by Crippen LogP contribution is 2.16. The first-order valence-corrected chi connectivity index (χ1v) is 31.7. The second-order valence-corrected chi connectivity index (χ2v) is 20.9. The summed E-state index contributed by atoms with van der Waals surface area (Å²) in [5.41, 5.74) is 0. The molecule has 1 atom stereocenters. The lowest BCUT2D eigenvalue weighted by Gasteiger charge is -2.18. The van der Waals surface area contributed by atoms with Crippen LogP contribution in [0.25, 0.3) is 0 Å². The van der Waals surface area contributed by atoms with Crippen molar-refractivity contribution in [2.24, 2.45) is 0 Å². The molecule has 0 saturated heterocycles. The van der Waals surface area contributed by atoms with Crippen LogP contribution in [0.4, 0.5) is 0 Å². The molecular weight excluding hydrogens is 925 g/mol. The molecule has 0 N–H and O–H groups in total. The highest BCUT2D eigenvalue weighted by molar-refractivity contribution is 5.71. The number of esters is 3. The van der Waals surface area contributed by atoms with E-state index in [1.165, 1.54) is 148 Å². The molecule has 0 saturated carbocycles. The fourth-order valence-corrected chi connectivity index (χ4v) is 8.79. The summed E-state index contributed by atoms with van der Waals surface area (Å²) in [6.45, 7) is 6.50. The van der Waals surface area contributed by atoms with Crippen LogP contribution in [0.1, 0.15) is 303 Å². The first-order valence-electron chi connectivity index (χ1n) is 31.7. The van der Waals surface area contributed by atoms with Gasteiger partial charge >= 0.3 is 17.9 Å². The van der Waals surface area contributed by atoms with E-state index in [-0.39, 0.29) is 31.1 Å². The number of unbranched alkanes of at least 4 members (excludes halogenated alkanes) is 30. The fraction of sp³-hybridized carbons (Fsp3) is 0.725.